The summed E-state index contributed by atoms with van der Waals surface area (Å²) in [6, 6.07) is 18.8. The number of aliphatic hydroxyl groups excluding tert-OH is 1. The van der Waals surface area contributed by atoms with Crippen LogP contribution in [0.5, 0.6) is 23.0 Å². The molecule has 5 rings (SSSR count). The minimum atomic E-state index is -0.469. The maximum atomic E-state index is 12.2. The van der Waals surface area contributed by atoms with Crippen LogP contribution in [0.25, 0.3) is 0 Å². The summed E-state index contributed by atoms with van der Waals surface area (Å²) in [4.78, 5) is 36.6. The van der Waals surface area contributed by atoms with Gasteiger partial charge in [-0.05, 0) is 118 Å². The molecule has 1 aliphatic rings. The molecule has 0 heterocycles. The van der Waals surface area contributed by atoms with Crippen molar-refractivity contribution in [3.05, 3.63) is 153 Å². The molecule has 84 heavy (non-hydrogen) atoms. The molecular weight excluding hydrogens is 1050 g/mol. The molecule has 0 aromatic heterocycles. The molecule has 8 bridgehead atoms. The van der Waals surface area contributed by atoms with Crippen LogP contribution in [0.3, 0.4) is 0 Å². The van der Waals surface area contributed by atoms with E-state index in [2.05, 4.69) is 96.0 Å². The highest BCUT2D eigenvalue weighted by molar-refractivity contribution is 5.81. The Bertz CT molecular complexity index is 2520. The molecule has 1 aliphatic carbocycles. The van der Waals surface area contributed by atoms with E-state index in [0.29, 0.717) is 77.8 Å². The van der Waals surface area contributed by atoms with Crippen molar-refractivity contribution in [1.82, 2.24) is 0 Å². The second kappa shape index (κ2) is 40.1. The summed E-state index contributed by atoms with van der Waals surface area (Å²) in [5.41, 5.74) is 13.4. The monoisotopic (exact) mass is 1150 g/mol. The molecule has 4 aromatic rings. The number of benzene rings is 4. The third-order valence-electron chi connectivity index (χ3n) is 15.4. The fourth-order valence-electron chi connectivity index (χ4n) is 11.2. The molecule has 0 atom stereocenters. The Morgan fingerprint density at radius 1 is 0.345 bits per heavy atom. The number of hydrogen-bond donors (Lipinski definition) is 1. The molecular formula is C73H102O11. The maximum absolute atomic E-state index is 12.2. The number of carbonyl (C=O) groups is 3. The van der Waals surface area contributed by atoms with Gasteiger partial charge >= 0.3 is 17.9 Å². The van der Waals surface area contributed by atoms with Crippen LogP contribution in [-0.2, 0) is 80.0 Å². The lowest BCUT2D eigenvalue weighted by atomic mass is 9.87. The van der Waals surface area contributed by atoms with Gasteiger partial charge in [0.2, 0.25) is 0 Å². The van der Waals surface area contributed by atoms with Gasteiger partial charge in [-0.1, -0.05) is 173 Å². The zero-order valence-electron chi connectivity index (χ0n) is 52.0. The molecule has 0 spiro atoms. The Morgan fingerprint density at radius 2 is 0.571 bits per heavy atom. The SMILES string of the molecule is C=CC(=O)OCCCOc1c2cc(CCCCCC)cc1Cc1cc(CCCCCC)cc(c1OCCCOC(=O)C=C)Cc1cc(CCCCCC)cc(c1OCCCOC(=O)C=C)Cc1cc(CCCCCC)cc(c1OCCCO)C2. The van der Waals surface area contributed by atoms with Gasteiger partial charge in [-0.3, -0.25) is 0 Å². The van der Waals surface area contributed by atoms with Crippen molar-refractivity contribution in [3.63, 3.8) is 0 Å². The van der Waals surface area contributed by atoms with Gasteiger partial charge in [0, 0.05) is 76.2 Å². The number of aryl methyl sites for hydroxylation is 4. The Kier molecular flexibility index (Phi) is 32.7. The second-order valence-corrected chi connectivity index (χ2v) is 22.6. The minimum Gasteiger partial charge on any atom is -0.493 e. The molecule has 11 heteroatoms. The van der Waals surface area contributed by atoms with Crippen LogP contribution >= 0.6 is 0 Å². The summed E-state index contributed by atoms with van der Waals surface area (Å²) < 4.78 is 44.7. The fourth-order valence-corrected chi connectivity index (χ4v) is 11.2. The van der Waals surface area contributed by atoms with Gasteiger partial charge in [-0.2, -0.15) is 0 Å². The predicted molar refractivity (Wildman–Crippen MR) is 339 cm³/mol. The van der Waals surface area contributed by atoms with Crippen LogP contribution in [0, 0.1) is 0 Å². The number of rotatable bonds is 42. The lowest BCUT2D eigenvalue weighted by Gasteiger charge is -2.25. The van der Waals surface area contributed by atoms with Crippen molar-refractivity contribution in [1.29, 1.82) is 0 Å². The first-order chi connectivity index (χ1) is 41.1. The fraction of sp³-hybridized carbons (Fsp3) is 0.548. The van der Waals surface area contributed by atoms with Crippen molar-refractivity contribution in [2.75, 3.05) is 52.9 Å². The second-order valence-electron chi connectivity index (χ2n) is 22.6. The zero-order valence-corrected chi connectivity index (χ0v) is 52.0. The highest BCUT2D eigenvalue weighted by Crippen LogP contribution is 2.42. The van der Waals surface area contributed by atoms with Gasteiger partial charge in [0.15, 0.2) is 0 Å². The summed E-state index contributed by atoms with van der Waals surface area (Å²) in [5, 5.41) is 10.2. The van der Waals surface area contributed by atoms with Crippen LogP contribution in [0.15, 0.2) is 86.5 Å². The van der Waals surface area contributed by atoms with E-state index in [9.17, 15) is 19.5 Å². The molecule has 0 saturated carbocycles. The summed E-state index contributed by atoms with van der Waals surface area (Å²) in [7, 11) is 0. The third-order valence-corrected chi connectivity index (χ3v) is 15.4. The molecule has 0 fully saturated rings. The van der Waals surface area contributed by atoms with Crippen molar-refractivity contribution in [2.45, 2.75) is 207 Å². The van der Waals surface area contributed by atoms with Crippen molar-refractivity contribution < 1.29 is 52.6 Å². The van der Waals surface area contributed by atoms with E-state index in [1.807, 2.05) is 0 Å². The Hall–Kier alpha value is -6.33. The van der Waals surface area contributed by atoms with E-state index < -0.39 is 17.9 Å². The molecule has 0 unspecified atom stereocenters. The summed E-state index contributed by atoms with van der Waals surface area (Å²) in [6.07, 6.45) is 29.1. The van der Waals surface area contributed by atoms with Gasteiger partial charge in [0.05, 0.1) is 46.2 Å². The molecule has 460 valence electrons. The highest BCUT2D eigenvalue weighted by Gasteiger charge is 2.25. The van der Waals surface area contributed by atoms with Crippen LogP contribution in [-0.4, -0.2) is 75.9 Å². The lowest BCUT2D eigenvalue weighted by Crippen LogP contribution is -2.13. The topological polar surface area (TPSA) is 136 Å². The summed E-state index contributed by atoms with van der Waals surface area (Å²) >= 11 is 0. The zero-order chi connectivity index (χ0) is 60.2. The first-order valence-corrected chi connectivity index (χ1v) is 32.2. The standard InChI is InChI=1S/C73H102O11/c1-8-15-19-23-31-55-43-59-51-61-45-56(32-24-20-16-9-2)47-63(71(61)82-40-28-37-78-67(75)12-5)53-65-49-58(34-26-22-18-11-4)50-66(73(65)84-42-30-39-80-69(77)14-7)54-64-48-57(33-25-21-17-10-3)46-62(52-60(44-55)70(59)81-36-27-35-74)72(64)83-41-29-38-79-68(76)13-6/h12-14,43-50,74H,5-11,15-42,51-54H2,1-4H3. The largest absolute Gasteiger partial charge is 0.493 e. The van der Waals surface area contributed by atoms with Gasteiger partial charge in [0.25, 0.3) is 0 Å². The van der Waals surface area contributed by atoms with Crippen LogP contribution in [0.2, 0.25) is 0 Å². The molecule has 11 nitrogen and oxygen atoms in total. The van der Waals surface area contributed by atoms with Gasteiger partial charge in [-0.25, -0.2) is 14.4 Å². The normalized spacial score (nSPS) is 11.8. The molecule has 0 saturated heterocycles. The van der Waals surface area contributed by atoms with E-state index in [1.54, 1.807) is 0 Å². The number of carbonyl (C=O) groups excluding carboxylic acids is 3. The van der Waals surface area contributed by atoms with Gasteiger partial charge in [0.1, 0.15) is 23.0 Å². The number of ether oxygens (including phenoxy) is 7. The number of fused-ring (bicyclic) bond motifs is 8. The van der Waals surface area contributed by atoms with Crippen LogP contribution in [0.1, 0.15) is 223 Å². The van der Waals surface area contributed by atoms with Crippen molar-refractivity contribution in [3.8, 4) is 23.0 Å². The van der Waals surface area contributed by atoms with Gasteiger partial charge in [-0.15, -0.1) is 0 Å². The van der Waals surface area contributed by atoms with Crippen LogP contribution in [0.4, 0.5) is 0 Å². The maximum Gasteiger partial charge on any atom is 0.330 e. The first-order valence-electron chi connectivity index (χ1n) is 32.2. The predicted octanol–water partition coefficient (Wildman–Crippen LogP) is 16.1. The average Bonchev–Trinajstić information content (AvgIpc) is 2.26. The van der Waals surface area contributed by atoms with E-state index in [0.717, 1.165) is 177 Å². The Balaban J connectivity index is 1.90. The van der Waals surface area contributed by atoms with Crippen molar-refractivity contribution >= 4 is 17.9 Å². The molecule has 0 radical (unpaired) electrons. The lowest BCUT2D eigenvalue weighted by molar-refractivity contribution is -0.138. The Morgan fingerprint density at radius 3 is 0.774 bits per heavy atom. The first kappa shape index (κ1) is 68.5. The summed E-state index contributed by atoms with van der Waals surface area (Å²) in [5.74, 6) is 1.81. The highest BCUT2D eigenvalue weighted by atomic mass is 16.5. The van der Waals surface area contributed by atoms with Crippen LogP contribution < -0.4 is 18.9 Å². The number of aliphatic hydroxyl groups is 1. The van der Waals surface area contributed by atoms with E-state index in [1.165, 1.54) is 59.7 Å². The molecule has 0 aliphatic heterocycles. The smallest absolute Gasteiger partial charge is 0.330 e. The van der Waals surface area contributed by atoms with E-state index in [-0.39, 0.29) is 26.4 Å². The third kappa shape index (κ3) is 24.0. The van der Waals surface area contributed by atoms with Crippen molar-refractivity contribution in [2.24, 2.45) is 0 Å². The summed E-state index contributed by atoms with van der Waals surface area (Å²) in [6.45, 7) is 21.6. The minimum absolute atomic E-state index is 0.00230. The number of hydrogen-bond acceptors (Lipinski definition) is 11. The molecule has 4 aromatic carbocycles. The van der Waals surface area contributed by atoms with Gasteiger partial charge < -0.3 is 38.3 Å². The quantitative estimate of drug-likeness (QED) is 0.0173. The van der Waals surface area contributed by atoms with E-state index in [4.69, 9.17) is 33.2 Å². The molecule has 1 N–H and O–H groups in total. The number of esters is 3. The average molecular weight is 1160 g/mol. The van der Waals surface area contributed by atoms with E-state index >= 15 is 0 Å². The Labute approximate surface area is 504 Å². The number of unbranched alkanes of at least 4 members (excludes halogenated alkanes) is 12. The molecule has 0 amide bonds.